The Morgan fingerprint density at radius 2 is 1.90 bits per heavy atom. The molecular weight excluding hydrogens is 374 g/mol. The van der Waals surface area contributed by atoms with Crippen molar-refractivity contribution in [1.82, 2.24) is 14.9 Å². The van der Waals surface area contributed by atoms with Gasteiger partial charge in [-0.2, -0.15) is 0 Å². The molecule has 1 aromatic rings. The Kier molecular flexibility index (Phi) is 4.38. The van der Waals surface area contributed by atoms with Gasteiger partial charge in [-0.15, -0.1) is 0 Å². The van der Waals surface area contributed by atoms with Crippen LogP contribution in [0, 0.1) is 17.8 Å². The number of carbonyl (C=O) groups excluding carboxylic acids is 2. The maximum absolute atomic E-state index is 12.8. The van der Waals surface area contributed by atoms with Crippen LogP contribution in [0.5, 0.6) is 0 Å². The van der Waals surface area contributed by atoms with Crippen molar-refractivity contribution in [2.45, 2.75) is 56.3 Å². The lowest BCUT2D eigenvalue weighted by molar-refractivity contribution is -0.177. The molecule has 4 N–H and O–H groups in total. The number of hydrogen-bond acceptors (Lipinski definition) is 7. The van der Waals surface area contributed by atoms with Crippen LogP contribution in [0.1, 0.15) is 48.9 Å². The summed E-state index contributed by atoms with van der Waals surface area (Å²) in [4.78, 5) is 33.8. The summed E-state index contributed by atoms with van der Waals surface area (Å²) in [5, 5.41) is 13.9. The van der Waals surface area contributed by atoms with E-state index in [-0.39, 0.29) is 23.8 Å². The number of aromatic nitrogens is 2. The minimum absolute atomic E-state index is 0.0289. The van der Waals surface area contributed by atoms with Crippen molar-refractivity contribution in [2.75, 3.05) is 18.4 Å². The fraction of sp³-hybridized carbons (Fsp3) is 0.700. The molecule has 9 nitrogen and oxygen atoms in total. The van der Waals surface area contributed by atoms with E-state index in [1.807, 2.05) is 0 Å². The van der Waals surface area contributed by atoms with E-state index in [4.69, 9.17) is 10.5 Å². The van der Waals surface area contributed by atoms with E-state index in [1.54, 1.807) is 4.90 Å². The average Bonchev–Trinajstić information content (AvgIpc) is 3.12. The minimum Gasteiger partial charge on any atom is -0.446 e. The van der Waals surface area contributed by atoms with Gasteiger partial charge in [0.2, 0.25) is 5.95 Å². The fourth-order valence-electron chi connectivity index (χ4n) is 6.07. The molecule has 156 valence electrons. The van der Waals surface area contributed by atoms with Gasteiger partial charge < -0.3 is 25.8 Å². The van der Waals surface area contributed by atoms with Gasteiger partial charge in [-0.3, -0.25) is 4.79 Å². The van der Waals surface area contributed by atoms with Crippen LogP contribution in [0.2, 0.25) is 0 Å². The lowest BCUT2D eigenvalue weighted by atomic mass is 9.53. The quantitative estimate of drug-likeness (QED) is 0.689. The molecular formula is C20H27N5O4. The van der Waals surface area contributed by atoms with Gasteiger partial charge in [-0.1, -0.05) is 0 Å². The fourth-order valence-corrected chi connectivity index (χ4v) is 6.07. The molecule has 3 unspecified atom stereocenters. The van der Waals surface area contributed by atoms with E-state index < -0.39 is 11.5 Å². The first-order chi connectivity index (χ1) is 13.9. The van der Waals surface area contributed by atoms with Gasteiger partial charge in [0, 0.05) is 31.5 Å². The van der Waals surface area contributed by atoms with Crippen molar-refractivity contribution in [3.63, 3.8) is 0 Å². The zero-order valence-electron chi connectivity index (χ0n) is 16.3. The predicted molar refractivity (Wildman–Crippen MR) is 103 cm³/mol. The number of likely N-dealkylation sites (tertiary alicyclic amines) is 1. The maximum atomic E-state index is 12.8. The summed E-state index contributed by atoms with van der Waals surface area (Å²) in [7, 11) is 0. The lowest BCUT2D eigenvalue weighted by Crippen LogP contribution is -2.58. The van der Waals surface area contributed by atoms with Gasteiger partial charge in [0.1, 0.15) is 6.10 Å². The van der Waals surface area contributed by atoms with Gasteiger partial charge in [-0.05, 0) is 56.3 Å². The Labute approximate surface area is 169 Å². The molecule has 4 bridgehead atoms. The second kappa shape index (κ2) is 6.83. The van der Waals surface area contributed by atoms with E-state index in [1.165, 1.54) is 12.4 Å². The molecule has 5 aliphatic rings. The van der Waals surface area contributed by atoms with Crippen molar-refractivity contribution in [3.8, 4) is 0 Å². The first kappa shape index (κ1) is 18.6. The van der Waals surface area contributed by atoms with Crippen molar-refractivity contribution in [1.29, 1.82) is 0 Å². The molecule has 0 spiro atoms. The van der Waals surface area contributed by atoms with E-state index in [9.17, 15) is 14.7 Å². The molecule has 0 aromatic carbocycles. The normalized spacial score (nSPS) is 37.6. The van der Waals surface area contributed by atoms with Gasteiger partial charge in [0.15, 0.2) is 0 Å². The summed E-state index contributed by atoms with van der Waals surface area (Å²) in [6.07, 6.45) is 7.82. The number of aliphatic hydroxyl groups is 1. The topological polar surface area (TPSA) is 131 Å². The number of primary amides is 1. The first-order valence-corrected chi connectivity index (χ1v) is 10.4. The SMILES string of the molecule is NC(=O)c1cnc(N[C@@H]2CCN(C(=O)OC3C4CC5C[C@H]3C[C@@](O)(C5)C4)C2)nc1. The second-order valence-electron chi connectivity index (χ2n) is 9.28. The number of nitrogens with zero attached hydrogens (tertiary/aromatic N) is 3. The minimum atomic E-state index is -0.566. The van der Waals surface area contributed by atoms with Crippen molar-refractivity contribution < 1.29 is 19.4 Å². The lowest BCUT2D eigenvalue weighted by Gasteiger charge is -2.57. The summed E-state index contributed by atoms with van der Waals surface area (Å²) in [5.41, 5.74) is 4.93. The Morgan fingerprint density at radius 3 is 2.52 bits per heavy atom. The summed E-state index contributed by atoms with van der Waals surface area (Å²) in [5.74, 6) is 1.02. The third kappa shape index (κ3) is 3.52. The average molecular weight is 401 g/mol. The zero-order chi connectivity index (χ0) is 20.2. The third-order valence-electron chi connectivity index (χ3n) is 7.11. The van der Waals surface area contributed by atoms with Crippen LogP contribution in [-0.4, -0.2) is 62.8 Å². The molecule has 1 aromatic heterocycles. The predicted octanol–water partition coefficient (Wildman–Crippen LogP) is 1.14. The zero-order valence-corrected chi connectivity index (χ0v) is 16.3. The summed E-state index contributed by atoms with van der Waals surface area (Å²) in [6.45, 7) is 1.14. The van der Waals surface area contributed by atoms with E-state index in [2.05, 4.69) is 15.3 Å². The van der Waals surface area contributed by atoms with E-state index in [0.717, 1.165) is 38.5 Å². The Balaban J connectivity index is 1.16. The molecule has 29 heavy (non-hydrogen) atoms. The third-order valence-corrected chi connectivity index (χ3v) is 7.11. The molecule has 0 radical (unpaired) electrons. The highest BCUT2D eigenvalue weighted by Crippen LogP contribution is 2.56. The largest absolute Gasteiger partial charge is 0.446 e. The van der Waals surface area contributed by atoms with Crippen LogP contribution in [0.15, 0.2) is 12.4 Å². The van der Waals surface area contributed by atoms with E-state index in [0.29, 0.717) is 36.8 Å². The van der Waals surface area contributed by atoms with Gasteiger partial charge in [-0.25, -0.2) is 14.8 Å². The van der Waals surface area contributed by atoms with Crippen molar-refractivity contribution >= 4 is 17.9 Å². The summed E-state index contributed by atoms with van der Waals surface area (Å²) < 4.78 is 5.96. The molecule has 6 rings (SSSR count). The van der Waals surface area contributed by atoms with Crippen LogP contribution in [0.4, 0.5) is 10.7 Å². The van der Waals surface area contributed by atoms with Crippen molar-refractivity contribution in [2.24, 2.45) is 23.5 Å². The molecule has 4 aliphatic carbocycles. The standard InChI is InChI=1S/C20H27N5O4/c21-17(26)14-8-22-18(23-9-14)24-15-1-2-25(10-15)19(27)29-16-12-3-11-4-13(16)7-20(28,5-11)6-12/h8-9,11-13,15-16,28H,1-7,10H2,(H2,21,26)(H,22,23,24)/t11?,12-,13?,15+,16?,20-/m0/s1. The highest BCUT2D eigenvalue weighted by molar-refractivity contribution is 5.92. The smallest absolute Gasteiger partial charge is 0.410 e. The second-order valence-corrected chi connectivity index (χ2v) is 9.28. The van der Waals surface area contributed by atoms with Crippen molar-refractivity contribution in [3.05, 3.63) is 18.0 Å². The number of nitrogens with one attached hydrogen (secondary N) is 1. The Bertz CT molecular complexity index is 800. The number of anilines is 1. The number of hydrogen-bond donors (Lipinski definition) is 3. The van der Waals surface area contributed by atoms with Crippen LogP contribution in [-0.2, 0) is 4.74 Å². The summed E-state index contributed by atoms with van der Waals surface area (Å²) in [6, 6.07) is 0.0289. The molecule has 1 saturated heterocycles. The number of nitrogens with two attached hydrogens (primary N) is 1. The number of ether oxygens (including phenoxy) is 1. The molecule has 5 fully saturated rings. The molecule has 6 atom stereocenters. The molecule has 4 saturated carbocycles. The maximum Gasteiger partial charge on any atom is 0.410 e. The molecule has 2 heterocycles. The van der Waals surface area contributed by atoms with E-state index >= 15 is 0 Å². The van der Waals surface area contributed by atoms with Crippen LogP contribution in [0.25, 0.3) is 0 Å². The number of amides is 2. The Morgan fingerprint density at radius 1 is 1.21 bits per heavy atom. The van der Waals surface area contributed by atoms with Crippen LogP contribution in [0.3, 0.4) is 0 Å². The molecule has 1 aliphatic heterocycles. The highest BCUT2D eigenvalue weighted by atomic mass is 16.6. The first-order valence-electron chi connectivity index (χ1n) is 10.4. The van der Waals surface area contributed by atoms with Gasteiger partial charge in [0.05, 0.1) is 11.2 Å². The highest BCUT2D eigenvalue weighted by Gasteiger charge is 2.56. The monoisotopic (exact) mass is 401 g/mol. The number of rotatable bonds is 4. The van der Waals surface area contributed by atoms with Crippen LogP contribution >= 0.6 is 0 Å². The van der Waals surface area contributed by atoms with Gasteiger partial charge in [0.25, 0.3) is 5.91 Å². The van der Waals surface area contributed by atoms with Gasteiger partial charge >= 0.3 is 6.09 Å². The van der Waals surface area contributed by atoms with Crippen LogP contribution < -0.4 is 11.1 Å². The molecule has 2 amide bonds. The Hall–Kier alpha value is -2.42. The summed E-state index contributed by atoms with van der Waals surface area (Å²) >= 11 is 0. The molecule has 9 heteroatoms. The number of carbonyl (C=O) groups is 2.